The van der Waals surface area contributed by atoms with Crippen molar-refractivity contribution in [1.29, 1.82) is 0 Å². The van der Waals surface area contributed by atoms with Crippen LogP contribution >= 0.6 is 0 Å². The highest BCUT2D eigenvalue weighted by Gasteiger charge is 2.47. The number of aryl methyl sites for hydroxylation is 2. The number of nitrogen functional groups attached to an aromatic ring is 1. The summed E-state index contributed by atoms with van der Waals surface area (Å²) in [5.41, 5.74) is 7.71. The number of aromatic nitrogens is 8. The highest BCUT2D eigenvalue weighted by atomic mass is 16.6. The second kappa shape index (κ2) is 8.38. The van der Waals surface area contributed by atoms with E-state index in [9.17, 15) is 10.2 Å². The molecule has 0 unspecified atom stereocenters. The highest BCUT2D eigenvalue weighted by Crippen LogP contribution is 2.39. The van der Waals surface area contributed by atoms with Gasteiger partial charge in [-0.2, -0.15) is 15.0 Å². The predicted molar refractivity (Wildman–Crippen MR) is 114 cm³/mol. The summed E-state index contributed by atoms with van der Waals surface area (Å²) in [6, 6.07) is 0. The van der Waals surface area contributed by atoms with E-state index in [0.717, 1.165) is 5.69 Å². The topological polar surface area (TPSA) is 188 Å². The van der Waals surface area contributed by atoms with Crippen LogP contribution in [-0.4, -0.2) is 68.2 Å². The summed E-state index contributed by atoms with van der Waals surface area (Å²) in [7, 11) is 1.91. The summed E-state index contributed by atoms with van der Waals surface area (Å²) < 4.78 is 14.5. The summed E-state index contributed by atoms with van der Waals surface area (Å²) in [4.78, 5) is 21.5. The maximum absolute atomic E-state index is 10.7. The molecule has 33 heavy (non-hydrogen) atoms. The van der Waals surface area contributed by atoms with E-state index in [4.69, 9.17) is 15.0 Å². The van der Waals surface area contributed by atoms with Gasteiger partial charge in [0, 0.05) is 32.6 Å². The van der Waals surface area contributed by atoms with E-state index in [1.807, 2.05) is 24.7 Å². The quantitative estimate of drug-likeness (QED) is 0.285. The molecule has 4 atom stereocenters. The van der Waals surface area contributed by atoms with Gasteiger partial charge in [0.05, 0.1) is 18.3 Å². The fourth-order valence-corrected chi connectivity index (χ4v) is 3.72. The zero-order valence-electron chi connectivity index (χ0n) is 18.0. The number of nitrogens with one attached hydrogen (secondary N) is 1. The van der Waals surface area contributed by atoms with E-state index >= 15 is 0 Å². The van der Waals surface area contributed by atoms with Gasteiger partial charge in [-0.1, -0.05) is 12.1 Å². The van der Waals surface area contributed by atoms with Crippen molar-refractivity contribution in [3.05, 3.63) is 36.3 Å². The SMILES string of the molecule is CCc1noc([C@H]2O[C@@H](n3cnc4c(N)nc(NCCc5cn(C)cn5)nc43)[C@H](O)[C@@H]2O)n1. The van der Waals surface area contributed by atoms with Crippen molar-refractivity contribution in [1.82, 2.24) is 39.2 Å². The lowest BCUT2D eigenvalue weighted by atomic mass is 10.1. The molecule has 1 aliphatic rings. The molecule has 0 bridgehead atoms. The largest absolute Gasteiger partial charge is 0.387 e. The molecule has 0 saturated carbocycles. The number of hydrogen-bond donors (Lipinski definition) is 4. The van der Waals surface area contributed by atoms with Crippen molar-refractivity contribution < 1.29 is 19.5 Å². The Labute approximate surface area is 187 Å². The molecule has 0 spiro atoms. The Morgan fingerprint density at radius 2 is 2.00 bits per heavy atom. The molecular weight excluding hydrogens is 432 g/mol. The number of imidazole rings is 2. The number of anilines is 2. The van der Waals surface area contributed by atoms with Gasteiger partial charge in [-0.25, -0.2) is 9.97 Å². The molecule has 1 saturated heterocycles. The van der Waals surface area contributed by atoms with Crippen LogP contribution in [0.5, 0.6) is 0 Å². The van der Waals surface area contributed by atoms with Crippen LogP contribution in [0.2, 0.25) is 0 Å². The maximum atomic E-state index is 10.7. The third-order valence-electron chi connectivity index (χ3n) is 5.43. The van der Waals surface area contributed by atoms with Crippen LogP contribution in [0.1, 0.15) is 36.7 Å². The molecular formula is C19H24N10O4. The third kappa shape index (κ3) is 3.88. The second-order valence-corrected chi connectivity index (χ2v) is 7.79. The Hall–Kier alpha value is -3.62. The standard InChI is InChI=1S/C19H24N10O4/c1-3-10-24-17(33-27-10)14-12(30)13(31)18(32-14)29-8-23-11-15(20)25-19(26-16(11)29)21-5-4-9-6-28(2)7-22-9/h6-8,12-14,18,30-31H,3-5H2,1-2H3,(H3,20,21,25,26)/t12-,13+,14-,18+/m0/s1. The third-order valence-corrected chi connectivity index (χ3v) is 5.43. The Morgan fingerprint density at radius 3 is 2.73 bits per heavy atom. The smallest absolute Gasteiger partial charge is 0.258 e. The fourth-order valence-electron chi connectivity index (χ4n) is 3.72. The average molecular weight is 456 g/mol. The zero-order chi connectivity index (χ0) is 23.1. The molecule has 0 radical (unpaired) electrons. The van der Waals surface area contributed by atoms with E-state index in [0.29, 0.717) is 42.3 Å². The summed E-state index contributed by atoms with van der Waals surface area (Å²) in [5, 5.41) is 28.2. The van der Waals surface area contributed by atoms with Gasteiger partial charge >= 0.3 is 0 Å². The van der Waals surface area contributed by atoms with Gasteiger partial charge in [-0.05, 0) is 0 Å². The van der Waals surface area contributed by atoms with Gasteiger partial charge in [-0.15, -0.1) is 0 Å². The lowest BCUT2D eigenvalue weighted by Crippen LogP contribution is -2.29. The number of nitrogens with zero attached hydrogens (tertiary/aromatic N) is 8. The number of rotatable bonds is 7. The number of aliphatic hydroxyl groups excluding tert-OH is 2. The molecule has 0 aliphatic carbocycles. The lowest BCUT2D eigenvalue weighted by Gasteiger charge is -2.16. The number of hydrogen-bond acceptors (Lipinski definition) is 12. The van der Waals surface area contributed by atoms with Gasteiger partial charge < -0.3 is 35.1 Å². The van der Waals surface area contributed by atoms with E-state index in [1.54, 1.807) is 6.33 Å². The second-order valence-electron chi connectivity index (χ2n) is 7.79. The molecule has 1 aliphatic heterocycles. The van der Waals surface area contributed by atoms with Gasteiger partial charge in [0.1, 0.15) is 17.7 Å². The number of ether oxygens (including phenoxy) is 1. The molecule has 14 heteroatoms. The fraction of sp³-hybridized carbons (Fsp3) is 0.474. The van der Waals surface area contributed by atoms with Crippen molar-refractivity contribution in [2.75, 3.05) is 17.6 Å². The minimum Gasteiger partial charge on any atom is -0.387 e. The average Bonchev–Trinajstić information content (AvgIpc) is 3.57. The van der Waals surface area contributed by atoms with Gasteiger partial charge in [-0.3, -0.25) is 4.57 Å². The summed E-state index contributed by atoms with van der Waals surface area (Å²) in [6.45, 7) is 2.41. The molecule has 1 fully saturated rings. The minimum absolute atomic E-state index is 0.0938. The normalized spacial score (nSPS) is 22.9. The zero-order valence-corrected chi connectivity index (χ0v) is 18.0. The first kappa shape index (κ1) is 21.2. The maximum Gasteiger partial charge on any atom is 0.258 e. The van der Waals surface area contributed by atoms with Crippen molar-refractivity contribution in [2.45, 2.75) is 44.3 Å². The van der Waals surface area contributed by atoms with Gasteiger partial charge in [0.25, 0.3) is 5.89 Å². The van der Waals surface area contributed by atoms with Crippen LogP contribution < -0.4 is 11.1 Å². The summed E-state index contributed by atoms with van der Waals surface area (Å²) in [5.74, 6) is 1.05. The molecule has 174 valence electrons. The molecule has 5 rings (SSSR count). The van der Waals surface area contributed by atoms with E-state index < -0.39 is 24.5 Å². The summed E-state index contributed by atoms with van der Waals surface area (Å²) in [6.07, 6.45) is 1.77. The number of aliphatic hydroxyl groups is 2. The van der Waals surface area contributed by atoms with Crippen molar-refractivity contribution in [3.8, 4) is 0 Å². The highest BCUT2D eigenvalue weighted by molar-refractivity contribution is 5.83. The van der Waals surface area contributed by atoms with Crippen LogP contribution in [0.4, 0.5) is 11.8 Å². The van der Waals surface area contributed by atoms with Crippen molar-refractivity contribution in [2.24, 2.45) is 7.05 Å². The number of nitrogens with two attached hydrogens (primary N) is 1. The Balaban J connectivity index is 1.38. The lowest BCUT2D eigenvalue weighted by molar-refractivity contribution is -0.0451. The van der Waals surface area contributed by atoms with Crippen LogP contribution in [0, 0.1) is 0 Å². The predicted octanol–water partition coefficient (Wildman–Crippen LogP) is -0.266. The first-order chi connectivity index (χ1) is 15.9. The van der Waals surface area contributed by atoms with Crippen LogP contribution in [0.15, 0.2) is 23.4 Å². The minimum atomic E-state index is -1.29. The summed E-state index contributed by atoms with van der Waals surface area (Å²) >= 11 is 0. The molecule has 0 amide bonds. The van der Waals surface area contributed by atoms with Crippen molar-refractivity contribution in [3.63, 3.8) is 0 Å². The first-order valence-electron chi connectivity index (χ1n) is 10.5. The first-order valence-corrected chi connectivity index (χ1v) is 10.5. The van der Waals surface area contributed by atoms with E-state index in [1.165, 1.54) is 10.9 Å². The molecule has 14 nitrogen and oxygen atoms in total. The molecule has 4 aromatic heterocycles. The van der Waals surface area contributed by atoms with Crippen LogP contribution in [0.3, 0.4) is 0 Å². The Kier molecular flexibility index (Phi) is 5.39. The Morgan fingerprint density at radius 1 is 1.15 bits per heavy atom. The molecule has 4 aromatic rings. The monoisotopic (exact) mass is 456 g/mol. The van der Waals surface area contributed by atoms with Gasteiger partial charge in [0.2, 0.25) is 5.95 Å². The van der Waals surface area contributed by atoms with E-state index in [2.05, 4.69) is 35.4 Å². The van der Waals surface area contributed by atoms with Crippen molar-refractivity contribution >= 4 is 22.9 Å². The van der Waals surface area contributed by atoms with Crippen LogP contribution in [0.25, 0.3) is 11.2 Å². The molecule has 0 aromatic carbocycles. The number of fused-ring (bicyclic) bond motifs is 1. The van der Waals surface area contributed by atoms with E-state index in [-0.39, 0.29) is 11.7 Å². The molecule has 5 heterocycles. The molecule has 5 N–H and O–H groups in total. The van der Waals surface area contributed by atoms with Gasteiger partial charge in [0.15, 0.2) is 29.6 Å². The van der Waals surface area contributed by atoms with Crippen LogP contribution in [-0.2, 0) is 24.6 Å². The Bertz CT molecular complexity index is 1270.